The average molecular weight is 310 g/mol. The van der Waals surface area contributed by atoms with E-state index in [1.54, 1.807) is 25.3 Å². The third kappa shape index (κ3) is 3.65. The van der Waals surface area contributed by atoms with Gasteiger partial charge in [-0.25, -0.2) is 4.39 Å². The summed E-state index contributed by atoms with van der Waals surface area (Å²) < 4.78 is 24.7. The van der Waals surface area contributed by atoms with Gasteiger partial charge in [0.1, 0.15) is 12.4 Å². The van der Waals surface area contributed by atoms with Gasteiger partial charge < -0.3 is 15.2 Å². The zero-order valence-corrected chi connectivity index (χ0v) is 12.7. The second-order valence-electron chi connectivity index (χ2n) is 4.70. The Morgan fingerprint density at radius 2 is 2.00 bits per heavy atom. The standard InChI is InChI=1S/C16H17ClFNO2/c1-10(19)11-6-7-14(15(8-11)20-2)21-9-12-4-3-5-13(17)16(12)18/h3-8,10H,9,19H2,1-2H3/t10-/m1/s1. The molecule has 0 radical (unpaired) electrons. The third-order valence-electron chi connectivity index (χ3n) is 3.13. The van der Waals surface area contributed by atoms with Crippen LogP contribution in [-0.4, -0.2) is 7.11 Å². The smallest absolute Gasteiger partial charge is 0.161 e. The van der Waals surface area contributed by atoms with E-state index >= 15 is 0 Å². The number of benzene rings is 2. The van der Waals surface area contributed by atoms with E-state index in [2.05, 4.69) is 0 Å². The van der Waals surface area contributed by atoms with Crippen molar-refractivity contribution in [3.63, 3.8) is 0 Å². The molecule has 0 aliphatic heterocycles. The van der Waals surface area contributed by atoms with Gasteiger partial charge >= 0.3 is 0 Å². The molecule has 21 heavy (non-hydrogen) atoms. The monoisotopic (exact) mass is 309 g/mol. The quantitative estimate of drug-likeness (QED) is 0.905. The van der Waals surface area contributed by atoms with Crippen LogP contribution in [0.3, 0.4) is 0 Å². The molecule has 2 aromatic rings. The summed E-state index contributed by atoms with van der Waals surface area (Å²) in [7, 11) is 1.55. The number of halogens is 2. The molecule has 2 rings (SSSR count). The first-order valence-electron chi connectivity index (χ1n) is 6.52. The van der Waals surface area contributed by atoms with Gasteiger partial charge in [0, 0.05) is 11.6 Å². The highest BCUT2D eigenvalue weighted by Crippen LogP contribution is 2.31. The first kappa shape index (κ1) is 15.6. The topological polar surface area (TPSA) is 44.5 Å². The van der Waals surface area contributed by atoms with Crippen molar-refractivity contribution in [2.45, 2.75) is 19.6 Å². The van der Waals surface area contributed by atoms with Crippen LogP contribution in [0.4, 0.5) is 4.39 Å². The maximum Gasteiger partial charge on any atom is 0.161 e. The Kier molecular flexibility index (Phi) is 5.04. The van der Waals surface area contributed by atoms with Crippen molar-refractivity contribution in [3.05, 3.63) is 58.4 Å². The molecule has 112 valence electrons. The van der Waals surface area contributed by atoms with E-state index in [1.807, 2.05) is 19.1 Å². The zero-order valence-electron chi connectivity index (χ0n) is 11.9. The van der Waals surface area contributed by atoms with Gasteiger partial charge in [0.25, 0.3) is 0 Å². The summed E-state index contributed by atoms with van der Waals surface area (Å²) in [6.45, 7) is 1.96. The molecule has 0 spiro atoms. The van der Waals surface area contributed by atoms with E-state index in [4.69, 9.17) is 26.8 Å². The van der Waals surface area contributed by atoms with E-state index in [0.29, 0.717) is 17.1 Å². The molecule has 5 heteroatoms. The molecular formula is C16H17ClFNO2. The van der Waals surface area contributed by atoms with Crippen LogP contribution in [0.5, 0.6) is 11.5 Å². The summed E-state index contributed by atoms with van der Waals surface area (Å²) in [5, 5.41) is 0.0790. The Hall–Kier alpha value is -1.78. The number of hydrogen-bond acceptors (Lipinski definition) is 3. The molecule has 3 nitrogen and oxygen atoms in total. The first-order valence-corrected chi connectivity index (χ1v) is 6.90. The van der Waals surface area contributed by atoms with Crippen molar-refractivity contribution >= 4 is 11.6 Å². The molecule has 0 aliphatic rings. The predicted octanol–water partition coefficient (Wildman–Crippen LogP) is 4.09. The molecule has 0 saturated carbocycles. The molecular weight excluding hydrogens is 293 g/mol. The van der Waals surface area contributed by atoms with Crippen molar-refractivity contribution < 1.29 is 13.9 Å². The Balaban J connectivity index is 2.18. The largest absolute Gasteiger partial charge is 0.493 e. The maximum atomic E-state index is 13.8. The van der Waals surface area contributed by atoms with Crippen LogP contribution in [-0.2, 0) is 6.61 Å². The normalized spacial score (nSPS) is 12.0. The van der Waals surface area contributed by atoms with Crippen LogP contribution >= 0.6 is 11.6 Å². The summed E-state index contributed by atoms with van der Waals surface area (Å²) in [6, 6.07) is 10.1. The minimum Gasteiger partial charge on any atom is -0.493 e. The lowest BCUT2D eigenvalue weighted by Gasteiger charge is -2.14. The number of rotatable bonds is 5. The molecule has 2 aromatic carbocycles. The number of ether oxygens (including phenoxy) is 2. The fourth-order valence-corrected chi connectivity index (χ4v) is 2.10. The third-order valence-corrected chi connectivity index (χ3v) is 3.42. The molecule has 0 saturated heterocycles. The van der Waals surface area contributed by atoms with E-state index < -0.39 is 5.82 Å². The van der Waals surface area contributed by atoms with Gasteiger partial charge in [-0.15, -0.1) is 0 Å². The Morgan fingerprint density at radius 1 is 1.24 bits per heavy atom. The van der Waals surface area contributed by atoms with Gasteiger partial charge in [-0.2, -0.15) is 0 Å². The van der Waals surface area contributed by atoms with E-state index in [0.717, 1.165) is 5.56 Å². The summed E-state index contributed by atoms with van der Waals surface area (Å²) in [5.41, 5.74) is 7.16. The fraction of sp³-hybridized carbons (Fsp3) is 0.250. The maximum absolute atomic E-state index is 13.8. The van der Waals surface area contributed by atoms with Gasteiger partial charge in [-0.05, 0) is 30.7 Å². The lowest BCUT2D eigenvalue weighted by Crippen LogP contribution is -2.06. The second kappa shape index (κ2) is 6.78. The summed E-state index contributed by atoms with van der Waals surface area (Å²) in [6.07, 6.45) is 0. The van der Waals surface area contributed by atoms with Gasteiger partial charge in [0.05, 0.1) is 12.1 Å². The van der Waals surface area contributed by atoms with Crippen molar-refractivity contribution in [3.8, 4) is 11.5 Å². The Labute approximate surface area is 128 Å². The lowest BCUT2D eigenvalue weighted by molar-refractivity contribution is 0.279. The highest BCUT2D eigenvalue weighted by atomic mass is 35.5. The van der Waals surface area contributed by atoms with Crippen molar-refractivity contribution in [1.82, 2.24) is 0 Å². The molecule has 2 N–H and O–H groups in total. The summed E-state index contributed by atoms with van der Waals surface area (Å²) in [5.74, 6) is 0.624. The molecule has 0 aromatic heterocycles. The Bertz CT molecular complexity index is 632. The molecule has 0 fully saturated rings. The van der Waals surface area contributed by atoms with E-state index in [1.165, 1.54) is 6.07 Å². The van der Waals surface area contributed by atoms with Crippen molar-refractivity contribution in [2.75, 3.05) is 7.11 Å². The summed E-state index contributed by atoms with van der Waals surface area (Å²) >= 11 is 5.74. The van der Waals surface area contributed by atoms with Gasteiger partial charge in [0.15, 0.2) is 11.5 Å². The number of nitrogens with two attached hydrogens (primary N) is 1. The number of hydrogen-bond donors (Lipinski definition) is 1. The highest BCUT2D eigenvalue weighted by molar-refractivity contribution is 6.30. The average Bonchev–Trinajstić information content (AvgIpc) is 2.48. The van der Waals surface area contributed by atoms with Gasteiger partial charge in [-0.1, -0.05) is 29.8 Å². The van der Waals surface area contributed by atoms with Crippen LogP contribution in [0.2, 0.25) is 5.02 Å². The van der Waals surface area contributed by atoms with E-state index in [-0.39, 0.29) is 17.7 Å². The van der Waals surface area contributed by atoms with Crippen molar-refractivity contribution in [2.24, 2.45) is 5.73 Å². The van der Waals surface area contributed by atoms with Crippen LogP contribution in [0.15, 0.2) is 36.4 Å². The molecule has 1 atom stereocenters. The van der Waals surface area contributed by atoms with Crippen LogP contribution in [0.25, 0.3) is 0 Å². The molecule has 0 bridgehead atoms. The van der Waals surface area contributed by atoms with Gasteiger partial charge in [-0.3, -0.25) is 0 Å². The lowest BCUT2D eigenvalue weighted by atomic mass is 10.1. The number of methoxy groups -OCH3 is 1. The highest BCUT2D eigenvalue weighted by Gasteiger charge is 2.11. The van der Waals surface area contributed by atoms with Crippen LogP contribution in [0.1, 0.15) is 24.1 Å². The SMILES string of the molecule is COc1cc([C@@H](C)N)ccc1OCc1cccc(Cl)c1F. The van der Waals surface area contributed by atoms with Gasteiger partial charge in [0.2, 0.25) is 0 Å². The minimum absolute atomic E-state index is 0.0697. The predicted molar refractivity (Wildman–Crippen MR) is 81.3 cm³/mol. The molecule has 0 amide bonds. The van der Waals surface area contributed by atoms with Crippen molar-refractivity contribution in [1.29, 1.82) is 0 Å². The fourth-order valence-electron chi connectivity index (χ4n) is 1.90. The van der Waals surface area contributed by atoms with Crippen LogP contribution < -0.4 is 15.2 Å². The Morgan fingerprint density at radius 3 is 2.67 bits per heavy atom. The molecule has 0 heterocycles. The second-order valence-corrected chi connectivity index (χ2v) is 5.11. The zero-order chi connectivity index (χ0) is 15.4. The molecule has 0 unspecified atom stereocenters. The summed E-state index contributed by atoms with van der Waals surface area (Å²) in [4.78, 5) is 0. The first-order chi connectivity index (χ1) is 10.0. The molecule has 0 aliphatic carbocycles. The van der Waals surface area contributed by atoms with E-state index in [9.17, 15) is 4.39 Å². The van der Waals surface area contributed by atoms with Crippen LogP contribution in [0, 0.1) is 5.82 Å². The minimum atomic E-state index is -0.467.